The van der Waals surface area contributed by atoms with Crippen LogP contribution in [-0.4, -0.2) is 23.8 Å². The molecule has 3 N–H and O–H groups in total. The fourth-order valence-corrected chi connectivity index (χ4v) is 2.35. The van der Waals surface area contributed by atoms with Crippen LogP contribution in [-0.2, 0) is 4.79 Å². The number of carbonyl (C=O) groups is 3. The zero-order valence-corrected chi connectivity index (χ0v) is 15.2. The lowest BCUT2D eigenvalue weighted by molar-refractivity contribution is -0.124. The lowest BCUT2D eigenvalue weighted by atomic mass is 10.0. The Morgan fingerprint density at radius 3 is 2.31 bits per heavy atom. The predicted molar refractivity (Wildman–Crippen MR) is 96.5 cm³/mol. The Hall–Kier alpha value is -2.80. The lowest BCUT2D eigenvalue weighted by Gasteiger charge is -2.20. The second-order valence-corrected chi connectivity index (χ2v) is 6.52. The quantitative estimate of drug-likeness (QED) is 0.673. The van der Waals surface area contributed by atoms with Crippen LogP contribution in [0.25, 0.3) is 0 Å². The molecule has 1 aromatic carbocycles. The molecule has 1 heterocycles. The summed E-state index contributed by atoms with van der Waals surface area (Å²) in [5.41, 5.74) is 4.95. The molecule has 0 unspecified atom stereocenters. The van der Waals surface area contributed by atoms with Crippen molar-refractivity contribution in [3.63, 3.8) is 0 Å². The van der Waals surface area contributed by atoms with Crippen LogP contribution in [0.2, 0.25) is 5.02 Å². The summed E-state index contributed by atoms with van der Waals surface area (Å²) in [5, 5.41) is 3.19. The summed E-state index contributed by atoms with van der Waals surface area (Å²) < 4.78 is 4.94. The van der Waals surface area contributed by atoms with Crippen LogP contribution in [0.3, 0.4) is 0 Å². The highest BCUT2D eigenvalue weighted by molar-refractivity contribution is 6.30. The van der Waals surface area contributed by atoms with Crippen LogP contribution in [0.4, 0.5) is 0 Å². The van der Waals surface area contributed by atoms with Crippen LogP contribution < -0.4 is 16.2 Å². The first-order valence-electron chi connectivity index (χ1n) is 8.07. The minimum absolute atomic E-state index is 0.0657. The van der Waals surface area contributed by atoms with Crippen molar-refractivity contribution in [1.29, 1.82) is 0 Å². The molecule has 8 heteroatoms. The summed E-state index contributed by atoms with van der Waals surface area (Å²) in [6, 6.07) is 8.55. The Morgan fingerprint density at radius 1 is 1.04 bits per heavy atom. The van der Waals surface area contributed by atoms with Crippen LogP contribution in [0, 0.1) is 5.92 Å². The van der Waals surface area contributed by atoms with Crippen molar-refractivity contribution in [2.24, 2.45) is 5.92 Å². The maximum absolute atomic E-state index is 12.4. The molecule has 26 heavy (non-hydrogen) atoms. The average molecular weight is 378 g/mol. The summed E-state index contributed by atoms with van der Waals surface area (Å²) >= 11 is 5.81. The Bertz CT molecular complexity index is 757. The van der Waals surface area contributed by atoms with Gasteiger partial charge in [0.1, 0.15) is 6.04 Å². The maximum atomic E-state index is 12.4. The number of furan rings is 1. The lowest BCUT2D eigenvalue weighted by Crippen LogP contribution is -2.52. The van der Waals surface area contributed by atoms with E-state index in [1.807, 2.05) is 13.8 Å². The van der Waals surface area contributed by atoms with Crippen molar-refractivity contribution in [3.05, 3.63) is 59.0 Å². The molecule has 7 nitrogen and oxygen atoms in total. The van der Waals surface area contributed by atoms with Gasteiger partial charge in [-0.2, -0.15) is 0 Å². The van der Waals surface area contributed by atoms with Gasteiger partial charge >= 0.3 is 5.91 Å². The first-order chi connectivity index (χ1) is 12.4. The zero-order valence-electron chi connectivity index (χ0n) is 14.4. The fraction of sp³-hybridized carbons (Fsp3) is 0.278. The minimum Gasteiger partial charge on any atom is -0.459 e. The van der Waals surface area contributed by atoms with Gasteiger partial charge in [0.25, 0.3) is 11.8 Å². The summed E-state index contributed by atoms with van der Waals surface area (Å²) in [7, 11) is 0. The average Bonchev–Trinajstić information content (AvgIpc) is 3.13. The van der Waals surface area contributed by atoms with E-state index in [2.05, 4.69) is 16.2 Å². The van der Waals surface area contributed by atoms with Crippen LogP contribution in [0.1, 0.15) is 41.2 Å². The number of amides is 3. The van der Waals surface area contributed by atoms with Crippen molar-refractivity contribution in [1.82, 2.24) is 16.2 Å². The third kappa shape index (κ3) is 5.63. The molecule has 2 rings (SSSR count). The Balaban J connectivity index is 1.98. The molecule has 1 atom stereocenters. The van der Waals surface area contributed by atoms with Gasteiger partial charge in [0.15, 0.2) is 5.76 Å². The number of benzene rings is 1. The van der Waals surface area contributed by atoms with Gasteiger partial charge in [-0.25, -0.2) is 0 Å². The Labute approximate surface area is 156 Å². The molecule has 3 amide bonds. The number of carbonyl (C=O) groups excluding carboxylic acids is 3. The highest BCUT2D eigenvalue weighted by atomic mass is 35.5. The third-order valence-electron chi connectivity index (χ3n) is 3.48. The summed E-state index contributed by atoms with van der Waals surface area (Å²) in [6.07, 6.45) is 1.76. The molecule has 0 radical (unpaired) electrons. The largest absolute Gasteiger partial charge is 0.459 e. The third-order valence-corrected chi connectivity index (χ3v) is 3.73. The standard InChI is InChI=1S/C18H20ClN3O4/c1-11(2)10-14(20-16(23)12-5-7-13(19)8-6-12)17(24)21-22-18(25)15-4-3-9-26-15/h3-9,11,14H,10H2,1-2H3,(H,20,23)(H,21,24)(H,22,25)/t14-/m0/s1. The number of rotatable bonds is 6. The summed E-state index contributed by atoms with van der Waals surface area (Å²) in [4.78, 5) is 36.5. The smallest absolute Gasteiger partial charge is 0.305 e. The Kier molecular flexibility index (Phi) is 6.80. The zero-order chi connectivity index (χ0) is 19.1. The highest BCUT2D eigenvalue weighted by Gasteiger charge is 2.23. The van der Waals surface area contributed by atoms with Gasteiger partial charge in [0, 0.05) is 10.6 Å². The van der Waals surface area contributed by atoms with Gasteiger partial charge in [0.05, 0.1) is 6.26 Å². The van der Waals surface area contributed by atoms with E-state index in [-0.39, 0.29) is 11.7 Å². The monoisotopic (exact) mass is 377 g/mol. The molecule has 138 valence electrons. The van der Waals surface area contributed by atoms with E-state index in [9.17, 15) is 14.4 Å². The first kappa shape index (κ1) is 19.5. The topological polar surface area (TPSA) is 100 Å². The number of hydrogen-bond acceptors (Lipinski definition) is 4. The second-order valence-electron chi connectivity index (χ2n) is 6.08. The minimum atomic E-state index is -0.810. The number of halogens is 1. The van der Waals surface area contributed by atoms with Gasteiger partial charge in [-0.15, -0.1) is 0 Å². The van der Waals surface area contributed by atoms with Gasteiger partial charge in [-0.05, 0) is 48.7 Å². The SMILES string of the molecule is CC(C)C[C@H](NC(=O)c1ccc(Cl)cc1)C(=O)NNC(=O)c1ccco1. The number of hydrogen-bond donors (Lipinski definition) is 3. The van der Waals surface area contributed by atoms with Crippen molar-refractivity contribution < 1.29 is 18.8 Å². The molecule has 2 aromatic rings. The van der Waals surface area contributed by atoms with E-state index in [4.69, 9.17) is 16.0 Å². The molecule has 0 spiro atoms. The summed E-state index contributed by atoms with van der Waals surface area (Å²) in [5.74, 6) is -1.30. The Morgan fingerprint density at radius 2 is 1.73 bits per heavy atom. The molecular weight excluding hydrogens is 358 g/mol. The van der Waals surface area contributed by atoms with Crippen molar-refractivity contribution in [2.45, 2.75) is 26.3 Å². The van der Waals surface area contributed by atoms with E-state index in [1.165, 1.54) is 12.3 Å². The van der Waals surface area contributed by atoms with E-state index >= 15 is 0 Å². The van der Waals surface area contributed by atoms with Gasteiger partial charge in [0.2, 0.25) is 0 Å². The van der Waals surface area contributed by atoms with Gasteiger partial charge in [-0.3, -0.25) is 25.2 Å². The van der Waals surface area contributed by atoms with Crippen LogP contribution >= 0.6 is 11.6 Å². The van der Waals surface area contributed by atoms with E-state index in [0.717, 1.165) is 0 Å². The van der Waals surface area contributed by atoms with Gasteiger partial charge in [-0.1, -0.05) is 25.4 Å². The molecule has 1 aromatic heterocycles. The highest BCUT2D eigenvalue weighted by Crippen LogP contribution is 2.11. The molecule has 0 aliphatic rings. The number of hydrazine groups is 1. The number of nitrogens with one attached hydrogen (secondary N) is 3. The maximum Gasteiger partial charge on any atom is 0.305 e. The molecule has 0 saturated carbocycles. The molecule has 0 bridgehead atoms. The predicted octanol–water partition coefficient (Wildman–Crippen LogP) is 2.54. The van der Waals surface area contributed by atoms with Crippen molar-refractivity contribution >= 4 is 29.3 Å². The second kappa shape index (κ2) is 9.05. The van der Waals surface area contributed by atoms with Crippen LogP contribution in [0.15, 0.2) is 47.1 Å². The fourth-order valence-electron chi connectivity index (χ4n) is 2.22. The van der Waals surface area contributed by atoms with Crippen molar-refractivity contribution in [2.75, 3.05) is 0 Å². The van der Waals surface area contributed by atoms with E-state index < -0.39 is 23.8 Å². The first-order valence-corrected chi connectivity index (χ1v) is 8.44. The van der Waals surface area contributed by atoms with E-state index in [1.54, 1.807) is 30.3 Å². The van der Waals surface area contributed by atoms with E-state index in [0.29, 0.717) is 17.0 Å². The van der Waals surface area contributed by atoms with Crippen LogP contribution in [0.5, 0.6) is 0 Å². The van der Waals surface area contributed by atoms with Crippen molar-refractivity contribution in [3.8, 4) is 0 Å². The molecule has 0 saturated heterocycles. The molecule has 0 aliphatic heterocycles. The van der Waals surface area contributed by atoms with Gasteiger partial charge < -0.3 is 9.73 Å². The summed E-state index contributed by atoms with van der Waals surface area (Å²) in [6.45, 7) is 3.85. The molecule has 0 fully saturated rings. The normalized spacial score (nSPS) is 11.7. The molecular formula is C18H20ClN3O4. The molecule has 0 aliphatic carbocycles.